The normalized spacial score (nSPS) is 11.6. The molecule has 0 bridgehead atoms. The Morgan fingerprint density at radius 2 is 1.44 bits per heavy atom. The van der Waals surface area contributed by atoms with Crippen molar-refractivity contribution in [1.82, 2.24) is 14.5 Å². The van der Waals surface area contributed by atoms with Crippen molar-refractivity contribution < 1.29 is 0 Å². The molecule has 2 aromatic heterocycles. The molecule has 5 rings (SSSR count). The summed E-state index contributed by atoms with van der Waals surface area (Å²) >= 11 is 6.39. The predicted molar refractivity (Wildman–Crippen MR) is 103 cm³/mol. The van der Waals surface area contributed by atoms with E-state index in [2.05, 4.69) is 22.8 Å². The van der Waals surface area contributed by atoms with E-state index in [1.807, 2.05) is 54.6 Å². The SMILES string of the molecule is Clc1ccccc1Cn1c2ccccc2c2nc3ccccc3nc21. The second-order valence-electron chi connectivity index (χ2n) is 6.08. The first-order valence-corrected chi connectivity index (χ1v) is 8.56. The molecule has 0 fully saturated rings. The van der Waals surface area contributed by atoms with Gasteiger partial charge in [-0.05, 0) is 29.8 Å². The molecule has 0 aliphatic carbocycles. The van der Waals surface area contributed by atoms with Crippen LogP contribution in [0.25, 0.3) is 33.1 Å². The molecule has 3 nitrogen and oxygen atoms in total. The van der Waals surface area contributed by atoms with Gasteiger partial charge in [-0.2, -0.15) is 0 Å². The summed E-state index contributed by atoms with van der Waals surface area (Å²) in [6, 6.07) is 24.2. The fourth-order valence-electron chi connectivity index (χ4n) is 3.34. The van der Waals surface area contributed by atoms with Gasteiger partial charge in [0, 0.05) is 10.4 Å². The number of aromatic nitrogens is 3. The summed E-state index contributed by atoms with van der Waals surface area (Å²) in [4.78, 5) is 9.77. The van der Waals surface area contributed by atoms with Crippen molar-refractivity contribution >= 4 is 44.7 Å². The number of nitrogens with zero attached hydrogens (tertiary/aromatic N) is 3. The minimum Gasteiger partial charge on any atom is -0.319 e. The summed E-state index contributed by atoms with van der Waals surface area (Å²) in [5.41, 5.74) is 5.82. The van der Waals surface area contributed by atoms with Crippen LogP contribution in [0.4, 0.5) is 0 Å². The fraction of sp³-hybridized carbons (Fsp3) is 0.0476. The van der Waals surface area contributed by atoms with E-state index in [0.29, 0.717) is 6.54 Å². The highest BCUT2D eigenvalue weighted by atomic mass is 35.5. The summed E-state index contributed by atoms with van der Waals surface area (Å²) in [7, 11) is 0. The molecule has 0 saturated heterocycles. The second-order valence-corrected chi connectivity index (χ2v) is 6.49. The van der Waals surface area contributed by atoms with Gasteiger partial charge < -0.3 is 4.57 Å². The molecule has 5 aromatic rings. The molecule has 2 heterocycles. The molecule has 0 atom stereocenters. The van der Waals surface area contributed by atoms with Crippen molar-refractivity contribution in [3.05, 3.63) is 83.4 Å². The molecule has 3 aromatic carbocycles. The van der Waals surface area contributed by atoms with E-state index >= 15 is 0 Å². The Bertz CT molecular complexity index is 1240. The Morgan fingerprint density at radius 1 is 0.760 bits per heavy atom. The lowest BCUT2D eigenvalue weighted by Gasteiger charge is -2.08. The van der Waals surface area contributed by atoms with Crippen molar-refractivity contribution in [2.24, 2.45) is 0 Å². The molecule has 0 N–H and O–H groups in total. The van der Waals surface area contributed by atoms with Crippen LogP contribution < -0.4 is 0 Å². The number of fused-ring (bicyclic) bond motifs is 4. The van der Waals surface area contributed by atoms with Gasteiger partial charge in [0.05, 0.1) is 23.1 Å². The molecule has 120 valence electrons. The molecule has 0 aliphatic heterocycles. The average molecular weight is 344 g/mol. The summed E-state index contributed by atoms with van der Waals surface area (Å²) in [6.07, 6.45) is 0. The van der Waals surface area contributed by atoms with Crippen molar-refractivity contribution in [2.45, 2.75) is 6.54 Å². The molecule has 0 saturated carbocycles. The first-order valence-electron chi connectivity index (χ1n) is 8.18. The summed E-state index contributed by atoms with van der Waals surface area (Å²) in [6.45, 7) is 0.663. The first kappa shape index (κ1) is 14.4. The van der Waals surface area contributed by atoms with E-state index in [0.717, 1.165) is 43.7 Å². The summed E-state index contributed by atoms with van der Waals surface area (Å²) in [5, 5.41) is 1.88. The Balaban J connectivity index is 1.86. The Hall–Kier alpha value is -2.91. The van der Waals surface area contributed by atoms with Crippen LogP contribution in [-0.4, -0.2) is 14.5 Å². The van der Waals surface area contributed by atoms with Gasteiger partial charge in [-0.3, -0.25) is 0 Å². The zero-order valence-electron chi connectivity index (χ0n) is 13.4. The maximum atomic E-state index is 6.39. The van der Waals surface area contributed by atoms with Gasteiger partial charge in [0.15, 0.2) is 5.65 Å². The number of hydrogen-bond donors (Lipinski definition) is 0. The van der Waals surface area contributed by atoms with E-state index in [9.17, 15) is 0 Å². The van der Waals surface area contributed by atoms with Gasteiger partial charge in [0.2, 0.25) is 0 Å². The van der Waals surface area contributed by atoms with E-state index in [4.69, 9.17) is 21.6 Å². The lowest BCUT2D eigenvalue weighted by Crippen LogP contribution is -2.01. The predicted octanol–water partition coefficient (Wildman–Crippen LogP) is 5.44. The minimum atomic E-state index is 0.663. The summed E-state index contributed by atoms with van der Waals surface area (Å²) < 4.78 is 2.20. The number of halogens is 1. The van der Waals surface area contributed by atoms with Crippen molar-refractivity contribution in [3.63, 3.8) is 0 Å². The van der Waals surface area contributed by atoms with Crippen LogP contribution in [0.15, 0.2) is 72.8 Å². The average Bonchev–Trinajstić information content (AvgIpc) is 2.95. The monoisotopic (exact) mass is 343 g/mol. The van der Waals surface area contributed by atoms with Gasteiger partial charge in [-0.1, -0.05) is 60.1 Å². The van der Waals surface area contributed by atoms with Gasteiger partial charge in [-0.25, -0.2) is 9.97 Å². The maximum absolute atomic E-state index is 6.39. The van der Waals surface area contributed by atoms with Crippen LogP contribution in [-0.2, 0) is 6.54 Å². The third kappa shape index (κ3) is 2.28. The number of rotatable bonds is 2. The molecule has 0 unspecified atom stereocenters. The molecule has 0 amide bonds. The molecule has 25 heavy (non-hydrogen) atoms. The highest BCUT2D eigenvalue weighted by Crippen LogP contribution is 2.29. The van der Waals surface area contributed by atoms with Crippen LogP contribution in [0.3, 0.4) is 0 Å². The minimum absolute atomic E-state index is 0.663. The van der Waals surface area contributed by atoms with Crippen LogP contribution in [0.5, 0.6) is 0 Å². The molecule has 0 spiro atoms. The standard InChI is InChI=1S/C21H14ClN3/c22-16-9-3-1-7-14(16)13-25-19-12-6-2-8-15(19)20-21(25)24-18-11-5-4-10-17(18)23-20/h1-12H,13H2. The number of para-hydroxylation sites is 3. The quantitative estimate of drug-likeness (QED) is 0.427. The zero-order valence-corrected chi connectivity index (χ0v) is 14.1. The lowest BCUT2D eigenvalue weighted by atomic mass is 10.2. The van der Waals surface area contributed by atoms with Crippen LogP contribution in [0, 0.1) is 0 Å². The molecule has 0 aliphatic rings. The van der Waals surface area contributed by atoms with E-state index < -0.39 is 0 Å². The third-order valence-electron chi connectivity index (χ3n) is 4.54. The maximum Gasteiger partial charge on any atom is 0.160 e. The Kier molecular flexibility index (Phi) is 3.22. The van der Waals surface area contributed by atoms with Gasteiger partial charge in [-0.15, -0.1) is 0 Å². The largest absolute Gasteiger partial charge is 0.319 e. The highest BCUT2D eigenvalue weighted by molar-refractivity contribution is 6.31. The zero-order chi connectivity index (χ0) is 16.8. The van der Waals surface area contributed by atoms with Gasteiger partial charge in [0.1, 0.15) is 5.52 Å². The van der Waals surface area contributed by atoms with Gasteiger partial charge in [0.25, 0.3) is 0 Å². The Morgan fingerprint density at radius 3 is 2.28 bits per heavy atom. The van der Waals surface area contributed by atoms with Gasteiger partial charge >= 0.3 is 0 Å². The fourth-order valence-corrected chi connectivity index (χ4v) is 3.54. The first-order chi connectivity index (χ1) is 12.3. The van der Waals surface area contributed by atoms with Crippen LogP contribution >= 0.6 is 11.6 Å². The lowest BCUT2D eigenvalue weighted by molar-refractivity contribution is 0.857. The number of benzene rings is 3. The highest BCUT2D eigenvalue weighted by Gasteiger charge is 2.15. The molecular formula is C21H14ClN3. The third-order valence-corrected chi connectivity index (χ3v) is 4.91. The van der Waals surface area contributed by atoms with Crippen LogP contribution in [0.2, 0.25) is 5.02 Å². The molecule has 4 heteroatoms. The molecule has 0 radical (unpaired) electrons. The smallest absolute Gasteiger partial charge is 0.160 e. The van der Waals surface area contributed by atoms with Crippen molar-refractivity contribution in [1.29, 1.82) is 0 Å². The van der Waals surface area contributed by atoms with Crippen molar-refractivity contribution in [3.8, 4) is 0 Å². The van der Waals surface area contributed by atoms with Crippen molar-refractivity contribution in [2.75, 3.05) is 0 Å². The second kappa shape index (κ2) is 5.57. The van der Waals surface area contributed by atoms with E-state index in [1.54, 1.807) is 0 Å². The Labute approximate surface area is 149 Å². The van der Waals surface area contributed by atoms with E-state index in [1.165, 1.54) is 0 Å². The van der Waals surface area contributed by atoms with Crippen LogP contribution in [0.1, 0.15) is 5.56 Å². The van der Waals surface area contributed by atoms with E-state index in [-0.39, 0.29) is 0 Å². The molecular weight excluding hydrogens is 330 g/mol. The topological polar surface area (TPSA) is 30.7 Å². The summed E-state index contributed by atoms with van der Waals surface area (Å²) in [5.74, 6) is 0. The number of hydrogen-bond acceptors (Lipinski definition) is 2.